The Hall–Kier alpha value is -1.60. The minimum atomic E-state index is -3.55. The predicted molar refractivity (Wildman–Crippen MR) is 119 cm³/mol. The summed E-state index contributed by atoms with van der Waals surface area (Å²) < 4.78 is 29.1. The van der Waals surface area contributed by atoms with E-state index in [1.165, 1.54) is 12.8 Å². The molecule has 1 aromatic carbocycles. The number of carbonyl (C=O) groups excluding carboxylic acids is 1. The maximum Gasteiger partial charge on any atom is 0.242 e. The van der Waals surface area contributed by atoms with Gasteiger partial charge in [-0.15, -0.1) is 0 Å². The molecule has 1 amide bonds. The highest BCUT2D eigenvalue weighted by atomic mass is 32.2. The van der Waals surface area contributed by atoms with Gasteiger partial charge in [0.05, 0.1) is 11.4 Å². The summed E-state index contributed by atoms with van der Waals surface area (Å²) in [5.74, 6) is 0.169. The Balaban J connectivity index is 1.53. The van der Waals surface area contributed by atoms with Crippen LogP contribution in [0.2, 0.25) is 0 Å². The molecule has 0 radical (unpaired) electrons. The topological polar surface area (TPSA) is 69.7 Å². The smallest absolute Gasteiger partial charge is 0.242 e. The van der Waals surface area contributed by atoms with Gasteiger partial charge in [-0.05, 0) is 49.4 Å². The van der Waals surface area contributed by atoms with Crippen LogP contribution in [0, 0.1) is 0 Å². The van der Waals surface area contributed by atoms with E-state index in [1.807, 2.05) is 17.0 Å². The molecule has 30 heavy (non-hydrogen) atoms. The molecular weight excluding hydrogens is 398 g/mol. The fourth-order valence-corrected chi connectivity index (χ4v) is 6.53. The summed E-state index contributed by atoms with van der Waals surface area (Å²) in [6.45, 7) is 7.05. The molecule has 2 heterocycles. The number of nitrogens with one attached hydrogen (secondary N) is 1. The number of rotatable bonds is 5. The third-order valence-electron chi connectivity index (χ3n) is 6.90. The molecule has 0 atom stereocenters. The average Bonchev–Trinajstić information content (AvgIpc) is 3.22. The van der Waals surface area contributed by atoms with E-state index in [2.05, 4.69) is 23.5 Å². The highest BCUT2D eigenvalue weighted by Crippen LogP contribution is 2.41. The summed E-state index contributed by atoms with van der Waals surface area (Å²) >= 11 is 0. The van der Waals surface area contributed by atoms with E-state index in [-0.39, 0.29) is 17.4 Å². The predicted octanol–water partition coefficient (Wildman–Crippen LogP) is 3.41. The van der Waals surface area contributed by atoms with Crippen LogP contribution in [0.15, 0.2) is 23.1 Å². The van der Waals surface area contributed by atoms with Crippen LogP contribution in [0.1, 0.15) is 70.8 Å². The quantitative estimate of drug-likeness (QED) is 0.723. The molecule has 0 bridgehead atoms. The number of nitrogens with zero attached hydrogens (tertiary/aromatic N) is 2. The van der Waals surface area contributed by atoms with Gasteiger partial charge in [0.25, 0.3) is 0 Å². The molecule has 2 fully saturated rings. The molecule has 1 saturated heterocycles. The lowest BCUT2D eigenvalue weighted by Crippen LogP contribution is -2.40. The molecule has 0 unspecified atom stereocenters. The van der Waals surface area contributed by atoms with Crippen LogP contribution in [0.5, 0.6) is 0 Å². The number of sulfonamides is 1. The Morgan fingerprint density at radius 1 is 1.07 bits per heavy atom. The second kappa shape index (κ2) is 8.50. The van der Waals surface area contributed by atoms with Gasteiger partial charge in [0.2, 0.25) is 15.9 Å². The Kier molecular flexibility index (Phi) is 6.13. The van der Waals surface area contributed by atoms with E-state index in [4.69, 9.17) is 0 Å². The Morgan fingerprint density at radius 2 is 1.73 bits per heavy atom. The number of fused-ring (bicyclic) bond motifs is 1. The van der Waals surface area contributed by atoms with Gasteiger partial charge in [-0.3, -0.25) is 4.79 Å². The van der Waals surface area contributed by atoms with Gasteiger partial charge in [0, 0.05) is 36.8 Å². The third kappa shape index (κ3) is 4.52. The summed E-state index contributed by atoms with van der Waals surface area (Å²) in [5, 5.41) is 0. The van der Waals surface area contributed by atoms with Crippen LogP contribution in [0.4, 0.5) is 5.69 Å². The molecular formula is C23H35N3O3S. The van der Waals surface area contributed by atoms with Crippen LogP contribution in [0.3, 0.4) is 0 Å². The van der Waals surface area contributed by atoms with Crippen LogP contribution in [-0.4, -0.2) is 51.4 Å². The van der Waals surface area contributed by atoms with Gasteiger partial charge in [-0.25, -0.2) is 13.1 Å². The zero-order valence-electron chi connectivity index (χ0n) is 18.3. The van der Waals surface area contributed by atoms with Crippen molar-refractivity contribution in [3.63, 3.8) is 0 Å². The van der Waals surface area contributed by atoms with Crippen molar-refractivity contribution >= 4 is 21.6 Å². The van der Waals surface area contributed by atoms with Crippen molar-refractivity contribution in [1.82, 2.24) is 9.62 Å². The molecule has 2 aliphatic heterocycles. The first-order valence-electron chi connectivity index (χ1n) is 11.5. The largest absolute Gasteiger partial charge is 0.361 e. The van der Waals surface area contributed by atoms with E-state index in [0.29, 0.717) is 11.4 Å². The molecule has 0 spiro atoms. The Bertz CT molecular complexity index is 883. The summed E-state index contributed by atoms with van der Waals surface area (Å²) in [7, 11) is -3.55. The number of hydrogen-bond acceptors (Lipinski definition) is 4. The standard InChI is InChI=1S/C23H35N3O3S/c1-23(2)17-26(16-22(27)25-13-7-8-14-25)21-12-11-19(15-20(21)23)30(28,29)24-18-9-5-3-4-6-10-18/h11-12,15,18,24H,3-10,13-14,16-17H2,1-2H3. The molecule has 1 aliphatic carbocycles. The molecule has 166 valence electrons. The van der Waals surface area contributed by atoms with Crippen molar-refractivity contribution in [3.05, 3.63) is 23.8 Å². The maximum atomic E-state index is 13.1. The molecule has 4 rings (SSSR count). The summed E-state index contributed by atoms with van der Waals surface area (Å²) in [6, 6.07) is 5.46. The molecule has 1 N–H and O–H groups in total. The fraction of sp³-hybridized carbons (Fsp3) is 0.696. The van der Waals surface area contributed by atoms with E-state index < -0.39 is 10.0 Å². The SMILES string of the molecule is CC1(C)CN(CC(=O)N2CCCC2)c2ccc(S(=O)(=O)NC3CCCCCC3)cc21. The van der Waals surface area contributed by atoms with Gasteiger partial charge in [-0.1, -0.05) is 39.5 Å². The molecule has 1 aromatic rings. The van der Waals surface area contributed by atoms with Gasteiger partial charge in [-0.2, -0.15) is 0 Å². The monoisotopic (exact) mass is 433 g/mol. The number of amides is 1. The first kappa shape index (κ1) is 21.6. The lowest BCUT2D eigenvalue weighted by atomic mass is 9.87. The van der Waals surface area contributed by atoms with E-state index >= 15 is 0 Å². The number of benzene rings is 1. The number of anilines is 1. The fourth-order valence-electron chi connectivity index (χ4n) is 5.20. The van der Waals surface area contributed by atoms with Crippen molar-refractivity contribution in [2.75, 3.05) is 31.1 Å². The van der Waals surface area contributed by atoms with Crippen molar-refractivity contribution in [3.8, 4) is 0 Å². The van der Waals surface area contributed by atoms with Crippen LogP contribution >= 0.6 is 0 Å². The van der Waals surface area contributed by atoms with Crippen LogP contribution in [0.25, 0.3) is 0 Å². The van der Waals surface area contributed by atoms with Crippen molar-refractivity contribution in [1.29, 1.82) is 0 Å². The van der Waals surface area contributed by atoms with E-state index in [9.17, 15) is 13.2 Å². The van der Waals surface area contributed by atoms with E-state index in [0.717, 1.165) is 69.4 Å². The number of likely N-dealkylation sites (tertiary alicyclic amines) is 1. The number of carbonyl (C=O) groups is 1. The molecule has 3 aliphatic rings. The second-order valence-corrected chi connectivity index (χ2v) is 11.5. The van der Waals surface area contributed by atoms with Gasteiger partial charge >= 0.3 is 0 Å². The summed E-state index contributed by atoms with van der Waals surface area (Å²) in [6.07, 6.45) is 8.57. The highest BCUT2D eigenvalue weighted by molar-refractivity contribution is 7.89. The van der Waals surface area contributed by atoms with Crippen molar-refractivity contribution < 1.29 is 13.2 Å². The van der Waals surface area contributed by atoms with Crippen molar-refractivity contribution in [2.45, 2.75) is 81.6 Å². The Labute approximate surface area is 181 Å². The Morgan fingerprint density at radius 3 is 2.40 bits per heavy atom. The minimum absolute atomic E-state index is 0.0355. The normalized spacial score (nSPS) is 22.2. The molecule has 0 aromatic heterocycles. The average molecular weight is 434 g/mol. The zero-order valence-corrected chi connectivity index (χ0v) is 19.1. The minimum Gasteiger partial charge on any atom is -0.361 e. The summed E-state index contributed by atoms with van der Waals surface area (Å²) in [5.41, 5.74) is 1.80. The maximum absolute atomic E-state index is 13.1. The third-order valence-corrected chi connectivity index (χ3v) is 8.41. The molecule has 6 nitrogen and oxygen atoms in total. The summed E-state index contributed by atoms with van der Waals surface area (Å²) in [4.78, 5) is 17.1. The highest BCUT2D eigenvalue weighted by Gasteiger charge is 2.37. The number of hydrogen-bond donors (Lipinski definition) is 1. The van der Waals surface area contributed by atoms with Crippen LogP contribution < -0.4 is 9.62 Å². The lowest BCUT2D eigenvalue weighted by Gasteiger charge is -2.24. The second-order valence-electron chi connectivity index (χ2n) is 9.82. The first-order chi connectivity index (χ1) is 14.3. The van der Waals surface area contributed by atoms with Gasteiger partial charge in [0.1, 0.15) is 0 Å². The van der Waals surface area contributed by atoms with E-state index in [1.54, 1.807) is 6.07 Å². The molecule has 7 heteroatoms. The van der Waals surface area contributed by atoms with Gasteiger partial charge < -0.3 is 9.80 Å². The van der Waals surface area contributed by atoms with Crippen LogP contribution in [-0.2, 0) is 20.2 Å². The lowest BCUT2D eigenvalue weighted by molar-refractivity contribution is -0.128. The molecule has 1 saturated carbocycles. The zero-order chi connectivity index (χ0) is 21.4. The van der Waals surface area contributed by atoms with Crippen molar-refractivity contribution in [2.24, 2.45) is 0 Å². The first-order valence-corrected chi connectivity index (χ1v) is 12.9. The van der Waals surface area contributed by atoms with Gasteiger partial charge in [0.15, 0.2) is 0 Å².